The summed E-state index contributed by atoms with van der Waals surface area (Å²) in [5.41, 5.74) is -0.917. The van der Waals surface area contributed by atoms with E-state index in [-0.39, 0.29) is 5.69 Å². The second-order valence-corrected chi connectivity index (χ2v) is 4.46. The monoisotopic (exact) mass is 253 g/mol. The van der Waals surface area contributed by atoms with E-state index >= 15 is 0 Å². The molecule has 6 heteroatoms. The van der Waals surface area contributed by atoms with Gasteiger partial charge in [-0.2, -0.15) is 0 Å². The zero-order valence-electron chi connectivity index (χ0n) is 10.8. The second-order valence-electron chi connectivity index (χ2n) is 4.46. The van der Waals surface area contributed by atoms with Crippen LogP contribution in [-0.4, -0.2) is 22.6 Å². The minimum atomic E-state index is -0.640. The number of nitrogens with one attached hydrogen (secondary N) is 1. The second kappa shape index (κ2) is 6.90. The molecular formula is C12H19N3O3. The first kappa shape index (κ1) is 14.4. The first-order valence-corrected chi connectivity index (χ1v) is 6.09. The molecule has 1 N–H and O–H groups in total. The maximum atomic E-state index is 11.2. The summed E-state index contributed by atoms with van der Waals surface area (Å²) < 4.78 is 1.69. The van der Waals surface area contributed by atoms with E-state index in [4.69, 9.17) is 0 Å². The van der Waals surface area contributed by atoms with Crippen LogP contribution in [0.3, 0.4) is 0 Å². The van der Waals surface area contributed by atoms with Crippen molar-refractivity contribution in [3.05, 3.63) is 38.8 Å². The SMILES string of the molecule is CCCNCC(C)Cn1ccc(=O)c([N+](=O)[O-])c1. The smallest absolute Gasteiger partial charge is 0.332 e. The highest BCUT2D eigenvalue weighted by Crippen LogP contribution is 2.05. The Bertz CT molecular complexity index is 456. The van der Waals surface area contributed by atoms with Crippen LogP contribution in [0.25, 0.3) is 0 Å². The largest absolute Gasteiger partial charge is 0.348 e. The number of hydrogen-bond donors (Lipinski definition) is 1. The Labute approximate surface area is 106 Å². The normalized spacial score (nSPS) is 12.3. The van der Waals surface area contributed by atoms with Crippen LogP contribution in [0.1, 0.15) is 20.3 Å². The van der Waals surface area contributed by atoms with Crippen molar-refractivity contribution < 1.29 is 4.92 Å². The van der Waals surface area contributed by atoms with Gasteiger partial charge in [-0.3, -0.25) is 14.9 Å². The molecule has 1 aromatic heterocycles. The molecule has 1 rings (SSSR count). The summed E-state index contributed by atoms with van der Waals surface area (Å²) in [7, 11) is 0. The van der Waals surface area contributed by atoms with E-state index in [0.717, 1.165) is 19.5 Å². The van der Waals surface area contributed by atoms with Crippen molar-refractivity contribution in [2.75, 3.05) is 13.1 Å². The van der Waals surface area contributed by atoms with Gasteiger partial charge in [0.2, 0.25) is 0 Å². The Balaban J connectivity index is 2.65. The van der Waals surface area contributed by atoms with Crippen molar-refractivity contribution in [1.29, 1.82) is 0 Å². The van der Waals surface area contributed by atoms with E-state index in [0.29, 0.717) is 12.5 Å². The van der Waals surface area contributed by atoms with Crippen LogP contribution in [0.4, 0.5) is 5.69 Å². The number of pyridine rings is 1. The summed E-state index contributed by atoms with van der Waals surface area (Å²) in [5.74, 6) is 0.346. The Hall–Kier alpha value is -1.69. The summed E-state index contributed by atoms with van der Waals surface area (Å²) in [6.45, 7) is 6.63. The molecule has 0 saturated heterocycles. The number of aromatic nitrogens is 1. The zero-order valence-corrected chi connectivity index (χ0v) is 10.8. The van der Waals surface area contributed by atoms with Gasteiger partial charge in [0, 0.05) is 18.8 Å². The summed E-state index contributed by atoms with van der Waals surface area (Å²) in [4.78, 5) is 21.3. The molecule has 18 heavy (non-hydrogen) atoms. The summed E-state index contributed by atoms with van der Waals surface area (Å²) in [6.07, 6.45) is 3.97. The van der Waals surface area contributed by atoms with Gasteiger partial charge in [0.1, 0.15) is 0 Å². The van der Waals surface area contributed by atoms with Crippen molar-refractivity contribution in [3.8, 4) is 0 Å². The van der Waals surface area contributed by atoms with Crippen LogP contribution in [0, 0.1) is 16.0 Å². The molecule has 0 saturated carbocycles. The van der Waals surface area contributed by atoms with Gasteiger partial charge in [0.15, 0.2) is 0 Å². The number of rotatable bonds is 7. The molecule has 1 atom stereocenters. The number of hydrogen-bond acceptors (Lipinski definition) is 4. The van der Waals surface area contributed by atoms with Crippen molar-refractivity contribution in [2.24, 2.45) is 5.92 Å². The zero-order chi connectivity index (χ0) is 13.5. The van der Waals surface area contributed by atoms with Gasteiger partial charge in [-0.1, -0.05) is 13.8 Å². The third kappa shape index (κ3) is 4.29. The molecule has 0 fully saturated rings. The van der Waals surface area contributed by atoms with Crippen LogP contribution >= 0.6 is 0 Å². The van der Waals surface area contributed by atoms with Crippen molar-refractivity contribution in [1.82, 2.24) is 9.88 Å². The highest BCUT2D eigenvalue weighted by Gasteiger charge is 2.12. The lowest BCUT2D eigenvalue weighted by Gasteiger charge is -2.14. The first-order chi connectivity index (χ1) is 8.54. The van der Waals surface area contributed by atoms with Gasteiger partial charge in [-0.25, -0.2) is 0 Å². The third-order valence-corrected chi connectivity index (χ3v) is 2.60. The minimum Gasteiger partial charge on any atom is -0.348 e. The molecule has 6 nitrogen and oxygen atoms in total. The van der Waals surface area contributed by atoms with Crippen LogP contribution in [-0.2, 0) is 6.54 Å². The highest BCUT2D eigenvalue weighted by atomic mass is 16.6. The van der Waals surface area contributed by atoms with Crippen molar-refractivity contribution in [2.45, 2.75) is 26.8 Å². The van der Waals surface area contributed by atoms with Crippen molar-refractivity contribution in [3.63, 3.8) is 0 Å². The standard InChI is InChI=1S/C12H19N3O3/c1-3-5-13-7-10(2)8-14-6-4-12(16)11(9-14)15(17)18/h4,6,9-10,13H,3,5,7-8H2,1-2H3. The van der Waals surface area contributed by atoms with E-state index < -0.39 is 10.4 Å². The Morgan fingerprint density at radius 2 is 2.28 bits per heavy atom. The lowest BCUT2D eigenvalue weighted by molar-refractivity contribution is -0.386. The van der Waals surface area contributed by atoms with E-state index in [1.165, 1.54) is 12.3 Å². The lowest BCUT2D eigenvalue weighted by atomic mass is 10.1. The molecule has 1 unspecified atom stereocenters. The topological polar surface area (TPSA) is 77.2 Å². The van der Waals surface area contributed by atoms with Crippen LogP contribution in [0.2, 0.25) is 0 Å². The molecule has 1 aromatic rings. The van der Waals surface area contributed by atoms with E-state index in [2.05, 4.69) is 19.2 Å². The third-order valence-electron chi connectivity index (χ3n) is 2.60. The van der Waals surface area contributed by atoms with Gasteiger partial charge >= 0.3 is 5.69 Å². The number of nitro groups is 1. The van der Waals surface area contributed by atoms with Gasteiger partial charge in [0.25, 0.3) is 5.43 Å². The fraction of sp³-hybridized carbons (Fsp3) is 0.583. The van der Waals surface area contributed by atoms with Gasteiger partial charge in [-0.05, 0) is 25.4 Å². The lowest BCUT2D eigenvalue weighted by Crippen LogP contribution is -2.25. The average molecular weight is 253 g/mol. The molecule has 1 heterocycles. The molecule has 0 radical (unpaired) electrons. The average Bonchev–Trinajstić information content (AvgIpc) is 2.31. The minimum absolute atomic E-state index is 0.346. The van der Waals surface area contributed by atoms with Crippen LogP contribution < -0.4 is 10.7 Å². The molecular weight excluding hydrogens is 234 g/mol. The quantitative estimate of drug-likeness (QED) is 0.452. The summed E-state index contributed by atoms with van der Waals surface area (Å²) >= 11 is 0. The molecule has 0 spiro atoms. The van der Waals surface area contributed by atoms with Gasteiger partial charge in [0.05, 0.1) is 11.1 Å². The van der Waals surface area contributed by atoms with Crippen LogP contribution in [0.15, 0.2) is 23.3 Å². The fourth-order valence-corrected chi connectivity index (χ4v) is 1.71. The molecule has 0 bridgehead atoms. The molecule has 0 amide bonds. The predicted octanol–water partition coefficient (Wildman–Crippen LogP) is 1.39. The summed E-state index contributed by atoms with van der Waals surface area (Å²) in [6, 6.07) is 1.24. The molecule has 0 aliphatic rings. The molecule has 0 aliphatic heterocycles. The van der Waals surface area contributed by atoms with Crippen LogP contribution in [0.5, 0.6) is 0 Å². The maximum absolute atomic E-state index is 11.2. The first-order valence-electron chi connectivity index (χ1n) is 6.09. The fourth-order valence-electron chi connectivity index (χ4n) is 1.71. The molecule has 100 valence electrons. The molecule has 0 aromatic carbocycles. The molecule has 0 aliphatic carbocycles. The maximum Gasteiger partial charge on any atom is 0.332 e. The van der Waals surface area contributed by atoms with E-state index in [1.54, 1.807) is 10.8 Å². The number of nitrogens with zero attached hydrogens (tertiary/aromatic N) is 2. The highest BCUT2D eigenvalue weighted by molar-refractivity contribution is 5.25. The van der Waals surface area contributed by atoms with E-state index in [1.807, 2.05) is 0 Å². The summed E-state index contributed by atoms with van der Waals surface area (Å²) in [5, 5.41) is 13.9. The Morgan fingerprint density at radius 1 is 1.56 bits per heavy atom. The predicted molar refractivity (Wildman–Crippen MR) is 69.7 cm³/mol. The van der Waals surface area contributed by atoms with Gasteiger partial charge < -0.3 is 9.88 Å². The van der Waals surface area contributed by atoms with E-state index in [9.17, 15) is 14.9 Å². The Kier molecular flexibility index (Phi) is 5.51. The van der Waals surface area contributed by atoms with Crippen molar-refractivity contribution >= 4 is 5.69 Å². The van der Waals surface area contributed by atoms with Gasteiger partial charge in [-0.15, -0.1) is 0 Å². The Morgan fingerprint density at radius 3 is 2.89 bits per heavy atom.